The molecular formula is C24H35N5O. The molecule has 2 fully saturated rings. The Hall–Kier alpha value is -2.18. The van der Waals surface area contributed by atoms with Crippen molar-refractivity contribution < 1.29 is 4.79 Å². The van der Waals surface area contributed by atoms with E-state index in [9.17, 15) is 4.79 Å². The Labute approximate surface area is 180 Å². The number of carbonyl (C=O) groups excluding carboxylic acids is 1. The van der Waals surface area contributed by atoms with Crippen molar-refractivity contribution in [1.82, 2.24) is 25.3 Å². The number of H-pyrrole nitrogens is 1. The third-order valence-corrected chi connectivity index (χ3v) is 7.08. The second kappa shape index (κ2) is 9.31. The van der Waals surface area contributed by atoms with Crippen molar-refractivity contribution in [3.63, 3.8) is 0 Å². The van der Waals surface area contributed by atoms with Crippen molar-refractivity contribution in [2.75, 3.05) is 33.7 Å². The molecule has 1 aromatic carbocycles. The summed E-state index contributed by atoms with van der Waals surface area (Å²) in [5, 5.41) is 10.9. The van der Waals surface area contributed by atoms with Crippen LogP contribution in [0.15, 0.2) is 36.5 Å². The van der Waals surface area contributed by atoms with Gasteiger partial charge in [0.2, 0.25) is 5.91 Å². The molecule has 1 saturated carbocycles. The summed E-state index contributed by atoms with van der Waals surface area (Å²) in [5.41, 5.74) is 3.61. The van der Waals surface area contributed by atoms with E-state index in [0.29, 0.717) is 11.8 Å². The van der Waals surface area contributed by atoms with Crippen LogP contribution in [-0.4, -0.2) is 59.6 Å². The monoisotopic (exact) mass is 409 g/mol. The van der Waals surface area contributed by atoms with Gasteiger partial charge in [-0.2, -0.15) is 5.10 Å². The fourth-order valence-electron chi connectivity index (χ4n) is 5.23. The third-order valence-electron chi connectivity index (χ3n) is 7.08. The van der Waals surface area contributed by atoms with Gasteiger partial charge in [0.15, 0.2) is 0 Å². The molecule has 6 heteroatoms. The maximum atomic E-state index is 13.3. The van der Waals surface area contributed by atoms with Gasteiger partial charge in [-0.3, -0.25) is 9.89 Å². The van der Waals surface area contributed by atoms with E-state index >= 15 is 0 Å². The normalized spacial score (nSPS) is 24.3. The van der Waals surface area contributed by atoms with E-state index in [2.05, 4.69) is 62.8 Å². The van der Waals surface area contributed by atoms with Crippen molar-refractivity contribution in [2.24, 2.45) is 5.41 Å². The topological polar surface area (TPSA) is 64.3 Å². The highest BCUT2D eigenvalue weighted by molar-refractivity contribution is 5.85. The summed E-state index contributed by atoms with van der Waals surface area (Å²) >= 11 is 0. The van der Waals surface area contributed by atoms with Crippen molar-refractivity contribution in [2.45, 2.75) is 51.1 Å². The quantitative estimate of drug-likeness (QED) is 0.703. The molecule has 0 unspecified atom stereocenters. The molecule has 0 radical (unpaired) electrons. The molecule has 2 heterocycles. The SMILES string of the molecule is CNCCN(C)Cc1c[nH]nc1[C@H]1CC[C@]2(CCN(Cc3ccccc3)C2=O)CC1. The molecule has 1 aliphatic carbocycles. The van der Waals surface area contributed by atoms with Crippen molar-refractivity contribution in [3.8, 4) is 0 Å². The van der Waals surface area contributed by atoms with Gasteiger partial charge in [-0.05, 0) is 51.8 Å². The predicted molar refractivity (Wildman–Crippen MR) is 119 cm³/mol. The first-order valence-corrected chi connectivity index (χ1v) is 11.3. The second-order valence-corrected chi connectivity index (χ2v) is 9.15. The van der Waals surface area contributed by atoms with Gasteiger partial charge in [-0.25, -0.2) is 0 Å². The standard InChI is InChI=1S/C24H35N5O/c1-25-13-15-28(2)18-21-16-26-27-22(21)20-8-10-24(11-9-20)12-14-29(23(24)30)17-19-6-4-3-5-7-19/h3-7,16,20,25H,8-15,17-18H2,1-2H3,(H,26,27)/t20-,24+. The van der Waals surface area contributed by atoms with E-state index < -0.39 is 0 Å². The summed E-state index contributed by atoms with van der Waals surface area (Å²) in [5.74, 6) is 0.837. The molecule has 1 amide bonds. The lowest BCUT2D eigenvalue weighted by molar-refractivity contribution is -0.138. The zero-order valence-corrected chi connectivity index (χ0v) is 18.4. The van der Waals surface area contributed by atoms with Gasteiger partial charge in [0.05, 0.1) is 11.1 Å². The Kier molecular flexibility index (Phi) is 6.54. The number of aromatic amines is 1. The van der Waals surface area contributed by atoms with Gasteiger partial charge in [0.1, 0.15) is 0 Å². The molecule has 0 atom stereocenters. The fourth-order valence-corrected chi connectivity index (χ4v) is 5.23. The van der Waals surface area contributed by atoms with Gasteiger partial charge in [0, 0.05) is 50.4 Å². The first kappa shape index (κ1) is 21.1. The van der Waals surface area contributed by atoms with Crippen LogP contribution >= 0.6 is 0 Å². The number of hydrogen-bond donors (Lipinski definition) is 2. The lowest BCUT2D eigenvalue weighted by atomic mass is 9.68. The van der Waals surface area contributed by atoms with Gasteiger partial charge >= 0.3 is 0 Å². The molecule has 1 aromatic heterocycles. The van der Waals surface area contributed by atoms with E-state index in [1.165, 1.54) is 16.8 Å². The van der Waals surface area contributed by atoms with Crippen molar-refractivity contribution >= 4 is 5.91 Å². The maximum Gasteiger partial charge on any atom is 0.229 e. The van der Waals surface area contributed by atoms with Crippen molar-refractivity contribution in [1.29, 1.82) is 0 Å². The fraction of sp³-hybridized carbons (Fsp3) is 0.583. The number of likely N-dealkylation sites (N-methyl/N-ethyl adjacent to an activating group) is 2. The van der Waals surface area contributed by atoms with Crippen molar-refractivity contribution in [3.05, 3.63) is 53.3 Å². The predicted octanol–water partition coefficient (Wildman–Crippen LogP) is 3.14. The highest BCUT2D eigenvalue weighted by Crippen LogP contribution is 2.49. The number of amides is 1. The van der Waals surface area contributed by atoms with E-state index in [1.807, 2.05) is 13.1 Å². The molecule has 2 aromatic rings. The molecule has 162 valence electrons. The summed E-state index contributed by atoms with van der Waals surface area (Å²) in [7, 11) is 4.14. The molecule has 1 spiro atoms. The number of aromatic nitrogens is 2. The molecule has 0 bridgehead atoms. The molecular weight excluding hydrogens is 374 g/mol. The average Bonchev–Trinajstić information content (AvgIpc) is 3.34. The zero-order valence-electron chi connectivity index (χ0n) is 18.4. The highest BCUT2D eigenvalue weighted by Gasteiger charge is 2.48. The minimum atomic E-state index is -0.134. The van der Waals surface area contributed by atoms with Crippen LogP contribution in [0.2, 0.25) is 0 Å². The Morgan fingerprint density at radius 3 is 2.73 bits per heavy atom. The number of nitrogens with zero attached hydrogens (tertiary/aromatic N) is 3. The Bertz CT molecular complexity index is 825. The van der Waals surface area contributed by atoms with E-state index in [-0.39, 0.29) is 5.41 Å². The number of benzene rings is 1. The average molecular weight is 410 g/mol. The largest absolute Gasteiger partial charge is 0.338 e. The summed E-state index contributed by atoms with van der Waals surface area (Å²) in [6, 6.07) is 10.4. The van der Waals surface area contributed by atoms with E-state index in [0.717, 1.165) is 64.8 Å². The van der Waals surface area contributed by atoms with Crippen LogP contribution in [0.5, 0.6) is 0 Å². The summed E-state index contributed by atoms with van der Waals surface area (Å²) in [6.45, 7) is 4.55. The van der Waals surface area contributed by atoms with Crippen LogP contribution in [-0.2, 0) is 17.9 Å². The van der Waals surface area contributed by atoms with Crippen LogP contribution in [0.1, 0.15) is 54.8 Å². The number of nitrogens with one attached hydrogen (secondary N) is 2. The minimum Gasteiger partial charge on any atom is -0.338 e. The molecule has 2 N–H and O–H groups in total. The van der Waals surface area contributed by atoms with Gasteiger partial charge < -0.3 is 15.1 Å². The number of likely N-dealkylation sites (tertiary alicyclic amines) is 1. The zero-order chi connectivity index (χ0) is 21.0. The lowest BCUT2D eigenvalue weighted by Gasteiger charge is -2.35. The number of carbonyl (C=O) groups is 1. The highest BCUT2D eigenvalue weighted by atomic mass is 16.2. The maximum absolute atomic E-state index is 13.3. The summed E-state index contributed by atoms with van der Waals surface area (Å²) < 4.78 is 0. The number of rotatable bonds is 8. The molecule has 6 nitrogen and oxygen atoms in total. The third kappa shape index (κ3) is 4.44. The smallest absolute Gasteiger partial charge is 0.229 e. The molecule has 1 saturated heterocycles. The van der Waals surface area contributed by atoms with Gasteiger partial charge in [-0.15, -0.1) is 0 Å². The first-order chi connectivity index (χ1) is 14.6. The van der Waals surface area contributed by atoms with Crippen LogP contribution < -0.4 is 5.32 Å². The van der Waals surface area contributed by atoms with E-state index in [1.54, 1.807) is 0 Å². The minimum absolute atomic E-state index is 0.134. The Morgan fingerprint density at radius 1 is 1.23 bits per heavy atom. The molecule has 2 aliphatic rings. The Morgan fingerprint density at radius 2 is 2.00 bits per heavy atom. The lowest BCUT2D eigenvalue weighted by Crippen LogP contribution is -2.37. The number of hydrogen-bond acceptors (Lipinski definition) is 4. The Balaban J connectivity index is 1.35. The van der Waals surface area contributed by atoms with Gasteiger partial charge in [0.25, 0.3) is 0 Å². The summed E-state index contributed by atoms with van der Waals surface area (Å²) in [4.78, 5) is 17.7. The molecule has 4 rings (SSSR count). The van der Waals surface area contributed by atoms with Crippen LogP contribution in [0.25, 0.3) is 0 Å². The van der Waals surface area contributed by atoms with Crippen LogP contribution in [0, 0.1) is 5.41 Å². The second-order valence-electron chi connectivity index (χ2n) is 9.15. The van der Waals surface area contributed by atoms with Crippen LogP contribution in [0.4, 0.5) is 0 Å². The van der Waals surface area contributed by atoms with Gasteiger partial charge in [-0.1, -0.05) is 30.3 Å². The molecule has 30 heavy (non-hydrogen) atoms. The summed E-state index contributed by atoms with van der Waals surface area (Å²) in [6.07, 6.45) is 7.16. The van der Waals surface area contributed by atoms with E-state index in [4.69, 9.17) is 0 Å². The molecule has 1 aliphatic heterocycles. The first-order valence-electron chi connectivity index (χ1n) is 11.3. The van der Waals surface area contributed by atoms with Crippen LogP contribution in [0.3, 0.4) is 0 Å².